The van der Waals surface area contributed by atoms with Crippen LogP contribution in [0, 0.1) is 12.3 Å². The summed E-state index contributed by atoms with van der Waals surface area (Å²) in [5.74, 6) is 1.30. The zero-order valence-electron chi connectivity index (χ0n) is 16.8. The van der Waals surface area contributed by atoms with Crippen molar-refractivity contribution in [3.8, 4) is 17.2 Å². The molecule has 0 aromatic heterocycles. The van der Waals surface area contributed by atoms with Crippen molar-refractivity contribution in [1.82, 2.24) is 0 Å². The summed E-state index contributed by atoms with van der Waals surface area (Å²) >= 11 is 0. The number of esters is 1. The molecule has 1 aliphatic heterocycles. The van der Waals surface area contributed by atoms with E-state index in [1.807, 2.05) is 31.2 Å². The van der Waals surface area contributed by atoms with E-state index in [1.54, 1.807) is 45.9 Å². The van der Waals surface area contributed by atoms with Crippen molar-refractivity contribution in [2.75, 3.05) is 6.61 Å². The van der Waals surface area contributed by atoms with Gasteiger partial charge in [0.15, 0.2) is 5.76 Å². The third kappa shape index (κ3) is 3.93. The van der Waals surface area contributed by atoms with Gasteiger partial charge in [-0.25, -0.2) is 0 Å². The van der Waals surface area contributed by atoms with Gasteiger partial charge < -0.3 is 14.2 Å². The van der Waals surface area contributed by atoms with Gasteiger partial charge in [0.2, 0.25) is 5.78 Å². The Balaban J connectivity index is 1.86. The highest BCUT2D eigenvalue weighted by atomic mass is 16.5. The number of benzene rings is 2. The minimum atomic E-state index is -0.624. The van der Waals surface area contributed by atoms with Crippen LogP contribution in [-0.4, -0.2) is 18.4 Å². The van der Waals surface area contributed by atoms with Crippen LogP contribution in [0.3, 0.4) is 0 Å². The molecule has 28 heavy (non-hydrogen) atoms. The Morgan fingerprint density at radius 1 is 1.11 bits per heavy atom. The maximum absolute atomic E-state index is 12.7. The standard InChI is InChI=1S/C23H24O5/c1-6-26-16-9-7-15(8-10-16)13-19-20(24)17-11-12-18(14(2)21(17)27-19)28-22(25)23(3,4)5/h7-13H,6H2,1-5H3/b19-13-. The number of hydrogen-bond acceptors (Lipinski definition) is 5. The van der Waals surface area contributed by atoms with Crippen LogP contribution in [0.4, 0.5) is 0 Å². The number of allylic oxidation sites excluding steroid dienone is 1. The lowest BCUT2D eigenvalue weighted by Gasteiger charge is -2.17. The van der Waals surface area contributed by atoms with Crippen LogP contribution in [0.15, 0.2) is 42.2 Å². The smallest absolute Gasteiger partial charge is 0.316 e. The van der Waals surface area contributed by atoms with Gasteiger partial charge in [-0.3, -0.25) is 9.59 Å². The summed E-state index contributed by atoms with van der Waals surface area (Å²) in [7, 11) is 0. The second-order valence-corrected chi connectivity index (χ2v) is 7.65. The fourth-order valence-corrected chi connectivity index (χ4v) is 2.71. The molecule has 3 rings (SSSR count). The van der Waals surface area contributed by atoms with Gasteiger partial charge in [0.05, 0.1) is 17.6 Å². The van der Waals surface area contributed by atoms with Crippen LogP contribution in [0.2, 0.25) is 0 Å². The molecule has 0 amide bonds. The highest BCUT2D eigenvalue weighted by molar-refractivity contribution is 6.15. The number of hydrogen-bond donors (Lipinski definition) is 0. The molecule has 5 heteroatoms. The largest absolute Gasteiger partial charge is 0.494 e. The number of ketones is 1. The van der Waals surface area contributed by atoms with Crippen molar-refractivity contribution < 1.29 is 23.8 Å². The van der Waals surface area contributed by atoms with E-state index in [-0.39, 0.29) is 17.5 Å². The van der Waals surface area contributed by atoms with Gasteiger partial charge in [-0.15, -0.1) is 0 Å². The van der Waals surface area contributed by atoms with Gasteiger partial charge in [0.1, 0.15) is 17.2 Å². The number of Topliss-reactive ketones (excluding diaryl/α,β-unsaturated/α-hetero) is 1. The van der Waals surface area contributed by atoms with Crippen LogP contribution in [0.1, 0.15) is 49.2 Å². The zero-order valence-corrected chi connectivity index (χ0v) is 16.8. The molecule has 0 bridgehead atoms. The molecule has 0 radical (unpaired) electrons. The Morgan fingerprint density at radius 3 is 2.39 bits per heavy atom. The normalized spacial score (nSPS) is 14.6. The fourth-order valence-electron chi connectivity index (χ4n) is 2.71. The third-order valence-electron chi connectivity index (χ3n) is 4.34. The number of carbonyl (C=O) groups excluding carboxylic acids is 2. The van der Waals surface area contributed by atoms with Gasteiger partial charge in [-0.2, -0.15) is 0 Å². The Hall–Kier alpha value is -3.08. The number of fused-ring (bicyclic) bond motifs is 1. The van der Waals surface area contributed by atoms with Crippen molar-refractivity contribution in [1.29, 1.82) is 0 Å². The highest BCUT2D eigenvalue weighted by Gasteiger charge is 2.31. The van der Waals surface area contributed by atoms with E-state index in [9.17, 15) is 9.59 Å². The maximum atomic E-state index is 12.7. The molecule has 1 heterocycles. The molecule has 2 aromatic rings. The number of ether oxygens (including phenoxy) is 3. The summed E-state index contributed by atoms with van der Waals surface area (Å²) in [5.41, 5.74) is 1.29. The predicted octanol–water partition coefficient (Wildman–Crippen LogP) is 4.96. The average molecular weight is 380 g/mol. The lowest BCUT2D eigenvalue weighted by atomic mass is 9.97. The van der Waals surface area contributed by atoms with Crippen molar-refractivity contribution in [2.45, 2.75) is 34.6 Å². The Morgan fingerprint density at radius 2 is 1.79 bits per heavy atom. The Kier molecular flexibility index (Phi) is 5.27. The first-order valence-corrected chi connectivity index (χ1v) is 9.23. The fraction of sp³-hybridized carbons (Fsp3) is 0.304. The lowest BCUT2D eigenvalue weighted by Crippen LogP contribution is -2.25. The molecule has 146 valence electrons. The van der Waals surface area contributed by atoms with Crippen LogP contribution in [-0.2, 0) is 4.79 Å². The minimum Gasteiger partial charge on any atom is -0.494 e. The summed E-state index contributed by atoms with van der Waals surface area (Å²) in [5, 5.41) is 0. The van der Waals surface area contributed by atoms with Crippen molar-refractivity contribution in [3.63, 3.8) is 0 Å². The number of rotatable bonds is 4. The highest BCUT2D eigenvalue weighted by Crippen LogP contribution is 2.39. The van der Waals surface area contributed by atoms with E-state index < -0.39 is 5.41 Å². The van der Waals surface area contributed by atoms with Gasteiger partial charge in [0, 0.05) is 5.56 Å². The van der Waals surface area contributed by atoms with E-state index >= 15 is 0 Å². The summed E-state index contributed by atoms with van der Waals surface area (Å²) in [6.45, 7) is 9.66. The molecule has 0 spiro atoms. The second-order valence-electron chi connectivity index (χ2n) is 7.65. The van der Waals surface area contributed by atoms with E-state index in [4.69, 9.17) is 14.2 Å². The molecule has 0 saturated carbocycles. The molecule has 0 unspecified atom stereocenters. The van der Waals surface area contributed by atoms with Gasteiger partial charge in [0.25, 0.3) is 0 Å². The van der Waals surface area contributed by atoms with Crippen LogP contribution >= 0.6 is 0 Å². The van der Waals surface area contributed by atoms with Crippen LogP contribution in [0.5, 0.6) is 17.2 Å². The van der Waals surface area contributed by atoms with Gasteiger partial charge in [-0.1, -0.05) is 12.1 Å². The SMILES string of the molecule is CCOc1ccc(/C=C2\Oc3c(ccc(OC(=O)C(C)(C)C)c3C)C2=O)cc1. The number of carbonyl (C=O) groups is 2. The summed E-state index contributed by atoms with van der Waals surface area (Å²) in [6.07, 6.45) is 1.69. The minimum absolute atomic E-state index is 0.194. The maximum Gasteiger partial charge on any atom is 0.316 e. The predicted molar refractivity (Wildman–Crippen MR) is 107 cm³/mol. The Labute approximate surface area is 164 Å². The lowest BCUT2D eigenvalue weighted by molar-refractivity contribution is -0.143. The zero-order chi connectivity index (χ0) is 20.5. The quantitative estimate of drug-likeness (QED) is 0.426. The molecule has 0 fully saturated rings. The van der Waals surface area contributed by atoms with Crippen molar-refractivity contribution in [3.05, 3.63) is 58.8 Å². The third-order valence-corrected chi connectivity index (χ3v) is 4.34. The molecular weight excluding hydrogens is 356 g/mol. The van der Waals surface area contributed by atoms with Crippen LogP contribution < -0.4 is 14.2 Å². The van der Waals surface area contributed by atoms with E-state index in [2.05, 4.69) is 0 Å². The van der Waals surface area contributed by atoms with Crippen molar-refractivity contribution >= 4 is 17.8 Å². The van der Waals surface area contributed by atoms with Gasteiger partial charge >= 0.3 is 5.97 Å². The Bertz CT molecular complexity index is 946. The second kappa shape index (κ2) is 7.50. The molecule has 0 N–H and O–H groups in total. The first-order chi connectivity index (χ1) is 13.2. The summed E-state index contributed by atoms with van der Waals surface area (Å²) in [4.78, 5) is 24.9. The molecular formula is C23H24O5. The monoisotopic (exact) mass is 380 g/mol. The molecule has 2 aromatic carbocycles. The summed E-state index contributed by atoms with van der Waals surface area (Å²) in [6, 6.07) is 10.7. The van der Waals surface area contributed by atoms with E-state index in [0.717, 1.165) is 11.3 Å². The van der Waals surface area contributed by atoms with E-state index in [0.29, 0.717) is 29.2 Å². The molecule has 5 nitrogen and oxygen atoms in total. The van der Waals surface area contributed by atoms with Crippen LogP contribution in [0.25, 0.3) is 6.08 Å². The van der Waals surface area contributed by atoms with Gasteiger partial charge in [-0.05, 0) is 70.5 Å². The molecule has 0 saturated heterocycles. The first-order valence-electron chi connectivity index (χ1n) is 9.23. The van der Waals surface area contributed by atoms with E-state index in [1.165, 1.54) is 0 Å². The average Bonchev–Trinajstić information content (AvgIpc) is 2.95. The molecule has 0 atom stereocenters. The summed E-state index contributed by atoms with van der Waals surface area (Å²) < 4.78 is 16.8. The van der Waals surface area contributed by atoms with Crippen molar-refractivity contribution in [2.24, 2.45) is 5.41 Å². The molecule has 0 aliphatic carbocycles. The topological polar surface area (TPSA) is 61.8 Å². The first kappa shape index (κ1) is 19.7. The molecule has 1 aliphatic rings.